The maximum Gasteiger partial charge on any atom is 0.248 e. The smallest absolute Gasteiger partial charge is 0.248 e. The van der Waals surface area contributed by atoms with Gasteiger partial charge in [0, 0.05) is 11.8 Å². The van der Waals surface area contributed by atoms with Gasteiger partial charge in [-0.25, -0.2) is 4.99 Å². The average molecular weight is 239 g/mol. The number of fused-ring (bicyclic) bond motifs is 2. The standard InChI is InChI=1S/C14H13N3O/c15-14(18)9-5-6-12-13(7-9)16-8-10-3-1-2-4-11(10)17-12/h2,4-8,16H,1,3H2,(H2,15,18). The van der Waals surface area contributed by atoms with Crippen molar-refractivity contribution in [2.75, 3.05) is 5.32 Å². The first-order chi connectivity index (χ1) is 8.74. The maximum absolute atomic E-state index is 11.2. The third-order valence-corrected chi connectivity index (χ3v) is 3.11. The highest BCUT2D eigenvalue weighted by atomic mass is 16.1. The summed E-state index contributed by atoms with van der Waals surface area (Å²) in [5.74, 6) is -0.429. The van der Waals surface area contributed by atoms with Gasteiger partial charge in [0.05, 0.1) is 17.1 Å². The van der Waals surface area contributed by atoms with Gasteiger partial charge in [-0.2, -0.15) is 0 Å². The summed E-state index contributed by atoms with van der Waals surface area (Å²) >= 11 is 0. The van der Waals surface area contributed by atoms with Crippen LogP contribution < -0.4 is 11.1 Å². The lowest BCUT2D eigenvalue weighted by Gasteiger charge is -2.08. The van der Waals surface area contributed by atoms with Gasteiger partial charge in [0.2, 0.25) is 5.91 Å². The van der Waals surface area contributed by atoms with E-state index in [0.29, 0.717) is 5.56 Å². The number of amides is 1. The molecule has 0 bridgehead atoms. The van der Waals surface area contributed by atoms with E-state index >= 15 is 0 Å². The second-order valence-electron chi connectivity index (χ2n) is 4.35. The van der Waals surface area contributed by atoms with Crippen LogP contribution in [-0.4, -0.2) is 11.6 Å². The monoisotopic (exact) mass is 239 g/mol. The molecule has 0 unspecified atom stereocenters. The number of primary amides is 1. The molecule has 90 valence electrons. The molecule has 4 nitrogen and oxygen atoms in total. The topological polar surface area (TPSA) is 67.5 Å². The molecule has 4 heteroatoms. The number of anilines is 1. The Kier molecular flexibility index (Phi) is 2.48. The molecular weight excluding hydrogens is 226 g/mol. The molecule has 1 aliphatic carbocycles. The maximum atomic E-state index is 11.2. The molecule has 0 radical (unpaired) electrons. The van der Waals surface area contributed by atoms with Gasteiger partial charge in [-0.3, -0.25) is 4.79 Å². The number of nitrogens with one attached hydrogen (secondary N) is 1. The number of hydrogen-bond donors (Lipinski definition) is 2. The van der Waals surface area contributed by atoms with E-state index in [1.165, 1.54) is 5.57 Å². The minimum Gasteiger partial charge on any atom is -0.366 e. The number of aliphatic imine (C=N–C) groups is 1. The van der Waals surface area contributed by atoms with E-state index < -0.39 is 5.91 Å². The van der Waals surface area contributed by atoms with E-state index in [-0.39, 0.29) is 0 Å². The van der Waals surface area contributed by atoms with Crippen LogP contribution in [0.4, 0.5) is 11.4 Å². The molecule has 1 aliphatic heterocycles. The Hall–Kier alpha value is -2.36. The van der Waals surface area contributed by atoms with Gasteiger partial charge in [0.1, 0.15) is 0 Å². The molecule has 3 N–H and O–H groups in total. The lowest BCUT2D eigenvalue weighted by Crippen LogP contribution is -2.10. The van der Waals surface area contributed by atoms with Crippen LogP contribution in [-0.2, 0) is 0 Å². The molecule has 2 aliphatic rings. The normalized spacial score (nSPS) is 16.7. The molecule has 0 saturated heterocycles. The summed E-state index contributed by atoms with van der Waals surface area (Å²) < 4.78 is 0. The number of benzene rings is 1. The van der Waals surface area contributed by atoms with Crippen molar-refractivity contribution in [2.45, 2.75) is 12.8 Å². The fourth-order valence-corrected chi connectivity index (χ4v) is 2.12. The van der Waals surface area contributed by atoms with Crippen LogP contribution in [0.15, 0.2) is 47.1 Å². The van der Waals surface area contributed by atoms with Gasteiger partial charge in [-0.15, -0.1) is 0 Å². The molecule has 0 saturated carbocycles. The number of nitrogens with zero attached hydrogens (tertiary/aromatic N) is 1. The summed E-state index contributed by atoms with van der Waals surface area (Å²) in [4.78, 5) is 15.8. The zero-order valence-corrected chi connectivity index (χ0v) is 9.81. The van der Waals surface area contributed by atoms with Crippen molar-refractivity contribution in [3.63, 3.8) is 0 Å². The fourth-order valence-electron chi connectivity index (χ4n) is 2.12. The van der Waals surface area contributed by atoms with Crippen LogP contribution in [0.5, 0.6) is 0 Å². The Labute approximate surface area is 105 Å². The van der Waals surface area contributed by atoms with Crippen molar-refractivity contribution in [1.29, 1.82) is 0 Å². The summed E-state index contributed by atoms with van der Waals surface area (Å²) in [6.45, 7) is 0. The lowest BCUT2D eigenvalue weighted by atomic mass is 10.00. The van der Waals surface area contributed by atoms with E-state index in [1.807, 2.05) is 18.3 Å². The third-order valence-electron chi connectivity index (χ3n) is 3.11. The van der Waals surface area contributed by atoms with Gasteiger partial charge in [0.15, 0.2) is 0 Å². The van der Waals surface area contributed by atoms with Crippen molar-refractivity contribution in [1.82, 2.24) is 0 Å². The summed E-state index contributed by atoms with van der Waals surface area (Å²) in [6, 6.07) is 5.25. The summed E-state index contributed by atoms with van der Waals surface area (Å²) in [5, 5.41) is 3.20. The predicted molar refractivity (Wildman–Crippen MR) is 72.1 cm³/mol. The van der Waals surface area contributed by atoms with Crippen molar-refractivity contribution in [3.05, 3.63) is 47.7 Å². The molecule has 0 aromatic heterocycles. The molecule has 3 rings (SSSR count). The van der Waals surface area contributed by atoms with Crippen molar-refractivity contribution >= 4 is 23.0 Å². The number of nitrogens with two attached hydrogens (primary N) is 1. The van der Waals surface area contributed by atoms with Gasteiger partial charge in [-0.1, -0.05) is 6.08 Å². The molecule has 1 heterocycles. The van der Waals surface area contributed by atoms with E-state index in [2.05, 4.69) is 16.4 Å². The second-order valence-corrected chi connectivity index (χ2v) is 4.35. The Balaban J connectivity index is 2.09. The molecule has 1 amide bonds. The zero-order valence-electron chi connectivity index (χ0n) is 9.81. The Bertz CT molecular complexity index is 611. The molecule has 1 aromatic rings. The summed E-state index contributed by atoms with van der Waals surface area (Å²) in [7, 11) is 0. The van der Waals surface area contributed by atoms with E-state index in [1.54, 1.807) is 12.1 Å². The van der Waals surface area contributed by atoms with E-state index in [4.69, 9.17) is 5.73 Å². The van der Waals surface area contributed by atoms with Crippen LogP contribution in [0, 0.1) is 0 Å². The fraction of sp³-hybridized carbons (Fsp3) is 0.143. The van der Waals surface area contributed by atoms with Crippen LogP contribution in [0.2, 0.25) is 0 Å². The largest absolute Gasteiger partial charge is 0.366 e. The van der Waals surface area contributed by atoms with Gasteiger partial charge < -0.3 is 11.1 Å². The SMILES string of the molecule is NC(=O)c1ccc2c(c1)NC=C1CCC=CC1=N2. The average Bonchev–Trinajstić information content (AvgIpc) is 2.56. The number of carbonyl (C=O) groups excluding carboxylic acids is 1. The van der Waals surface area contributed by atoms with E-state index in [0.717, 1.165) is 29.9 Å². The van der Waals surface area contributed by atoms with Crippen molar-refractivity contribution in [3.8, 4) is 0 Å². The lowest BCUT2D eigenvalue weighted by molar-refractivity contribution is 0.100. The minimum atomic E-state index is -0.429. The number of allylic oxidation sites excluding steroid dienone is 3. The van der Waals surface area contributed by atoms with Gasteiger partial charge in [0.25, 0.3) is 0 Å². The summed E-state index contributed by atoms with van der Waals surface area (Å²) in [6.07, 6.45) is 8.14. The molecule has 0 fully saturated rings. The zero-order chi connectivity index (χ0) is 12.5. The van der Waals surface area contributed by atoms with Crippen LogP contribution in [0.25, 0.3) is 0 Å². The van der Waals surface area contributed by atoms with Gasteiger partial charge >= 0.3 is 0 Å². The highest BCUT2D eigenvalue weighted by Crippen LogP contribution is 2.31. The quantitative estimate of drug-likeness (QED) is 0.790. The first-order valence-electron chi connectivity index (χ1n) is 5.89. The molecule has 0 atom stereocenters. The van der Waals surface area contributed by atoms with Crippen molar-refractivity contribution in [2.24, 2.45) is 10.7 Å². The van der Waals surface area contributed by atoms with Crippen LogP contribution in [0.1, 0.15) is 23.2 Å². The highest BCUT2D eigenvalue weighted by Gasteiger charge is 2.14. The predicted octanol–water partition coefficient (Wildman–Crippen LogP) is 2.52. The van der Waals surface area contributed by atoms with Gasteiger partial charge in [-0.05, 0) is 42.7 Å². The first kappa shape index (κ1) is 10.8. The first-order valence-corrected chi connectivity index (χ1v) is 5.89. The Morgan fingerprint density at radius 1 is 1.39 bits per heavy atom. The second kappa shape index (κ2) is 4.14. The molecule has 0 spiro atoms. The minimum absolute atomic E-state index is 0.429. The number of rotatable bonds is 1. The Morgan fingerprint density at radius 3 is 3.11 bits per heavy atom. The molecule has 1 aromatic carbocycles. The molecule has 18 heavy (non-hydrogen) atoms. The van der Waals surface area contributed by atoms with Crippen LogP contribution >= 0.6 is 0 Å². The Morgan fingerprint density at radius 2 is 2.28 bits per heavy atom. The van der Waals surface area contributed by atoms with Crippen LogP contribution in [0.3, 0.4) is 0 Å². The number of carbonyl (C=O) groups is 1. The third kappa shape index (κ3) is 1.82. The summed E-state index contributed by atoms with van der Waals surface area (Å²) in [5.41, 5.74) is 9.58. The molecular formula is C14H13N3O. The van der Waals surface area contributed by atoms with E-state index in [9.17, 15) is 4.79 Å². The number of hydrogen-bond acceptors (Lipinski definition) is 3. The van der Waals surface area contributed by atoms with Crippen molar-refractivity contribution < 1.29 is 4.79 Å². The highest BCUT2D eigenvalue weighted by molar-refractivity contribution is 6.11.